The first-order valence-corrected chi connectivity index (χ1v) is 13.1. The summed E-state index contributed by atoms with van der Waals surface area (Å²) >= 11 is 3.43. The van der Waals surface area contributed by atoms with Crippen molar-refractivity contribution in [3.05, 3.63) is 87.0 Å². The Morgan fingerprint density at radius 2 is 1.70 bits per heavy atom. The highest BCUT2D eigenvalue weighted by atomic mass is 79.9. The van der Waals surface area contributed by atoms with Gasteiger partial charge in [-0.15, -0.1) is 0 Å². The van der Waals surface area contributed by atoms with Crippen LogP contribution in [-0.4, -0.2) is 11.7 Å². The van der Waals surface area contributed by atoms with E-state index in [9.17, 15) is 9.59 Å². The molecule has 0 saturated heterocycles. The van der Waals surface area contributed by atoms with Crippen molar-refractivity contribution in [3.63, 3.8) is 0 Å². The molecule has 0 spiro atoms. The minimum Gasteiger partial charge on any atom is -0.455 e. The van der Waals surface area contributed by atoms with Crippen LogP contribution in [0.1, 0.15) is 45.6 Å². The number of ether oxygens (including phenoxy) is 1. The van der Waals surface area contributed by atoms with E-state index in [1.165, 1.54) is 0 Å². The molecule has 0 bridgehead atoms. The SMILES string of the molecule is CC(C)(C)OC(=O)NC1(c2ccc(-c3c(-c4ccccc4)oc4cc(N)c(Br)cc4c3=O)cc2)CCC1. The van der Waals surface area contributed by atoms with E-state index in [0.717, 1.165) is 36.0 Å². The second-order valence-electron chi connectivity index (χ2n) is 10.5. The number of alkyl carbamates (subject to hydrolysis) is 1. The molecule has 1 aromatic heterocycles. The number of amides is 1. The Bertz CT molecular complexity index is 1530. The molecule has 0 radical (unpaired) electrons. The molecule has 0 unspecified atom stereocenters. The molecule has 190 valence electrons. The van der Waals surface area contributed by atoms with E-state index in [1.54, 1.807) is 12.1 Å². The Balaban J connectivity index is 1.59. The van der Waals surface area contributed by atoms with Crippen LogP contribution in [0.15, 0.2) is 80.4 Å². The molecule has 1 heterocycles. The summed E-state index contributed by atoms with van der Waals surface area (Å²) in [5, 5.41) is 3.53. The summed E-state index contributed by atoms with van der Waals surface area (Å²) in [6, 6.07) is 20.7. The second-order valence-corrected chi connectivity index (χ2v) is 11.4. The average Bonchev–Trinajstić information content (AvgIpc) is 2.82. The third-order valence-electron chi connectivity index (χ3n) is 6.72. The van der Waals surface area contributed by atoms with E-state index in [1.807, 2.05) is 75.4 Å². The van der Waals surface area contributed by atoms with Crippen LogP contribution in [0, 0.1) is 0 Å². The summed E-state index contributed by atoms with van der Waals surface area (Å²) in [5.74, 6) is 0.484. The second kappa shape index (κ2) is 9.38. The molecule has 0 aliphatic heterocycles. The van der Waals surface area contributed by atoms with Gasteiger partial charge in [0.15, 0.2) is 0 Å². The van der Waals surface area contributed by atoms with Crippen molar-refractivity contribution < 1.29 is 13.9 Å². The maximum absolute atomic E-state index is 13.8. The molecule has 0 atom stereocenters. The number of hydrogen-bond acceptors (Lipinski definition) is 5. The summed E-state index contributed by atoms with van der Waals surface area (Å²) in [6.45, 7) is 5.55. The van der Waals surface area contributed by atoms with E-state index < -0.39 is 17.2 Å². The minimum atomic E-state index is -0.573. The van der Waals surface area contributed by atoms with Gasteiger partial charge in [-0.3, -0.25) is 4.79 Å². The number of nitrogens with one attached hydrogen (secondary N) is 1. The number of hydrogen-bond donors (Lipinski definition) is 2. The molecule has 1 fully saturated rings. The lowest BCUT2D eigenvalue weighted by molar-refractivity contribution is 0.0377. The fourth-order valence-electron chi connectivity index (χ4n) is 4.76. The van der Waals surface area contributed by atoms with E-state index in [4.69, 9.17) is 14.9 Å². The molecule has 7 heteroatoms. The van der Waals surface area contributed by atoms with Crippen LogP contribution in [0.4, 0.5) is 10.5 Å². The highest BCUT2D eigenvalue weighted by molar-refractivity contribution is 9.10. The number of rotatable bonds is 4. The largest absolute Gasteiger partial charge is 0.455 e. The molecule has 4 aromatic rings. The molecule has 1 saturated carbocycles. The first-order valence-electron chi connectivity index (χ1n) is 12.3. The predicted octanol–water partition coefficient (Wildman–Crippen LogP) is 7.38. The van der Waals surface area contributed by atoms with Crippen molar-refractivity contribution in [2.24, 2.45) is 0 Å². The number of benzene rings is 3. The van der Waals surface area contributed by atoms with E-state index in [-0.39, 0.29) is 5.43 Å². The van der Waals surface area contributed by atoms with Gasteiger partial charge in [-0.2, -0.15) is 0 Å². The smallest absolute Gasteiger partial charge is 0.408 e. The number of fused-ring (bicyclic) bond motifs is 1. The van der Waals surface area contributed by atoms with Crippen molar-refractivity contribution in [2.75, 3.05) is 5.73 Å². The van der Waals surface area contributed by atoms with Gasteiger partial charge in [0.1, 0.15) is 16.9 Å². The Morgan fingerprint density at radius 3 is 2.30 bits per heavy atom. The van der Waals surface area contributed by atoms with Gasteiger partial charge in [0, 0.05) is 21.8 Å². The standard InChI is InChI=1S/C30H29BrN2O4/c1-29(2,3)37-28(35)33-30(14-7-15-30)20-12-10-18(11-13-20)25-26(34)21-16-22(31)23(32)17-24(21)36-27(25)19-8-5-4-6-9-19/h4-6,8-13,16-17H,7,14-15,32H2,1-3H3,(H,33,35). The van der Waals surface area contributed by atoms with Crippen LogP contribution in [0.2, 0.25) is 0 Å². The van der Waals surface area contributed by atoms with Crippen molar-refractivity contribution in [1.29, 1.82) is 0 Å². The van der Waals surface area contributed by atoms with Gasteiger partial charge >= 0.3 is 6.09 Å². The van der Waals surface area contributed by atoms with Crippen LogP contribution in [0.3, 0.4) is 0 Å². The topological polar surface area (TPSA) is 94.6 Å². The molecule has 37 heavy (non-hydrogen) atoms. The zero-order chi connectivity index (χ0) is 26.4. The van der Waals surface area contributed by atoms with Gasteiger partial charge in [-0.1, -0.05) is 54.6 Å². The lowest BCUT2D eigenvalue weighted by Gasteiger charge is -2.43. The van der Waals surface area contributed by atoms with Crippen LogP contribution in [-0.2, 0) is 10.3 Å². The van der Waals surface area contributed by atoms with Crippen molar-refractivity contribution in [2.45, 2.75) is 51.2 Å². The predicted molar refractivity (Wildman–Crippen MR) is 150 cm³/mol. The van der Waals surface area contributed by atoms with E-state index >= 15 is 0 Å². The van der Waals surface area contributed by atoms with Gasteiger partial charge in [-0.25, -0.2) is 4.79 Å². The van der Waals surface area contributed by atoms with Crippen molar-refractivity contribution >= 4 is 38.7 Å². The van der Waals surface area contributed by atoms with Gasteiger partial charge in [0.05, 0.1) is 16.5 Å². The first kappa shape index (κ1) is 25.1. The van der Waals surface area contributed by atoms with Crippen LogP contribution in [0.5, 0.6) is 0 Å². The third-order valence-corrected chi connectivity index (χ3v) is 7.41. The number of carbonyl (C=O) groups excluding carboxylic acids is 1. The molecule has 6 nitrogen and oxygen atoms in total. The highest BCUT2D eigenvalue weighted by Crippen LogP contribution is 2.42. The van der Waals surface area contributed by atoms with Crippen molar-refractivity contribution in [1.82, 2.24) is 5.32 Å². The summed E-state index contributed by atoms with van der Waals surface area (Å²) < 4.78 is 12.5. The fourth-order valence-corrected chi connectivity index (χ4v) is 5.10. The molecular weight excluding hydrogens is 532 g/mol. The Morgan fingerprint density at radius 1 is 1.03 bits per heavy atom. The first-order chi connectivity index (χ1) is 17.6. The molecule has 1 aliphatic carbocycles. The van der Waals surface area contributed by atoms with E-state index in [2.05, 4.69) is 21.2 Å². The number of nitrogens with two attached hydrogens (primary N) is 1. The third kappa shape index (κ3) is 4.88. The maximum Gasteiger partial charge on any atom is 0.408 e. The van der Waals surface area contributed by atoms with Gasteiger partial charge in [0.25, 0.3) is 0 Å². The Kier molecular flexibility index (Phi) is 6.36. The van der Waals surface area contributed by atoms with Gasteiger partial charge < -0.3 is 20.2 Å². The average molecular weight is 561 g/mol. The van der Waals surface area contributed by atoms with Crippen LogP contribution >= 0.6 is 15.9 Å². The lowest BCUT2D eigenvalue weighted by Crippen LogP contribution is -2.52. The zero-order valence-electron chi connectivity index (χ0n) is 21.1. The Hall–Kier alpha value is -3.58. The molecule has 1 aliphatic rings. The normalized spacial score (nSPS) is 14.7. The van der Waals surface area contributed by atoms with Crippen LogP contribution in [0.25, 0.3) is 33.4 Å². The zero-order valence-corrected chi connectivity index (χ0v) is 22.6. The Labute approximate surface area is 224 Å². The molecular formula is C30H29BrN2O4. The summed E-state index contributed by atoms with van der Waals surface area (Å²) in [4.78, 5) is 26.4. The summed E-state index contributed by atoms with van der Waals surface area (Å²) in [6.07, 6.45) is 2.24. The molecule has 1 amide bonds. The highest BCUT2D eigenvalue weighted by Gasteiger charge is 2.41. The fraction of sp³-hybridized carbons (Fsp3) is 0.267. The number of nitrogen functional groups attached to an aromatic ring is 1. The number of anilines is 1. The number of halogens is 1. The summed E-state index contributed by atoms with van der Waals surface area (Å²) in [5.41, 5.74) is 8.80. The number of carbonyl (C=O) groups is 1. The van der Waals surface area contributed by atoms with E-state index in [0.29, 0.717) is 32.5 Å². The van der Waals surface area contributed by atoms with Crippen LogP contribution < -0.4 is 16.5 Å². The molecule has 5 rings (SSSR count). The van der Waals surface area contributed by atoms with Gasteiger partial charge in [0.2, 0.25) is 5.43 Å². The van der Waals surface area contributed by atoms with Gasteiger partial charge in [-0.05, 0) is 73.2 Å². The van der Waals surface area contributed by atoms with Crippen molar-refractivity contribution in [3.8, 4) is 22.5 Å². The quantitative estimate of drug-likeness (QED) is 0.254. The molecule has 3 aromatic carbocycles. The lowest BCUT2D eigenvalue weighted by atomic mass is 9.71. The minimum absolute atomic E-state index is 0.140. The monoisotopic (exact) mass is 560 g/mol. The maximum atomic E-state index is 13.8. The summed E-state index contributed by atoms with van der Waals surface area (Å²) in [7, 11) is 0. The molecule has 3 N–H and O–H groups in total.